The highest BCUT2D eigenvalue weighted by atomic mass is 16.5. The minimum absolute atomic E-state index is 0.0933. The fourth-order valence-electron chi connectivity index (χ4n) is 3.16. The third kappa shape index (κ3) is 2.38. The van der Waals surface area contributed by atoms with Crippen LogP contribution >= 0.6 is 0 Å². The first kappa shape index (κ1) is 16.5. The number of methoxy groups -OCH3 is 1. The third-order valence-electron chi connectivity index (χ3n) is 4.37. The van der Waals surface area contributed by atoms with Crippen LogP contribution in [0.5, 0.6) is 11.5 Å². The van der Waals surface area contributed by atoms with Gasteiger partial charge in [-0.15, -0.1) is 0 Å². The molecule has 8 heteroatoms. The number of carbonyl (C=O) groups is 2. The Balaban J connectivity index is 2.24. The van der Waals surface area contributed by atoms with E-state index in [4.69, 9.17) is 10.5 Å². The molecule has 0 aliphatic carbocycles. The molecule has 0 fully saturated rings. The number of carboxylic acid groups (broad SMARTS) is 1. The van der Waals surface area contributed by atoms with E-state index in [1.165, 1.54) is 19.2 Å². The van der Waals surface area contributed by atoms with E-state index in [0.717, 1.165) is 0 Å². The average Bonchev–Trinajstić information content (AvgIpc) is 2.65. The zero-order chi connectivity index (χ0) is 19.3. The Hall–Kier alpha value is -3.94. The van der Waals surface area contributed by atoms with Crippen LogP contribution in [0.2, 0.25) is 0 Å². The minimum atomic E-state index is -1.19. The SMILES string of the molecule is COc1cc2nc3c(nc2cc1C(=O)O)c(C(N)=O)c(O)c1ccccc13. The Kier molecular flexibility index (Phi) is 3.55. The summed E-state index contributed by atoms with van der Waals surface area (Å²) in [5, 5.41) is 20.9. The molecule has 0 aliphatic rings. The van der Waals surface area contributed by atoms with Gasteiger partial charge in [-0.1, -0.05) is 24.3 Å². The molecule has 1 heterocycles. The van der Waals surface area contributed by atoms with Gasteiger partial charge in [0, 0.05) is 16.8 Å². The summed E-state index contributed by atoms with van der Waals surface area (Å²) < 4.78 is 5.13. The molecule has 0 radical (unpaired) electrons. The van der Waals surface area contributed by atoms with Crippen molar-refractivity contribution in [3.8, 4) is 11.5 Å². The summed E-state index contributed by atoms with van der Waals surface area (Å²) in [5.74, 6) is -2.19. The summed E-state index contributed by atoms with van der Waals surface area (Å²) in [6.07, 6.45) is 0. The van der Waals surface area contributed by atoms with Crippen LogP contribution in [0.3, 0.4) is 0 Å². The molecule has 0 aliphatic heterocycles. The van der Waals surface area contributed by atoms with E-state index < -0.39 is 11.9 Å². The minimum Gasteiger partial charge on any atom is -0.506 e. The summed E-state index contributed by atoms with van der Waals surface area (Å²) in [5.41, 5.74) is 6.30. The van der Waals surface area contributed by atoms with Crippen molar-refractivity contribution in [2.75, 3.05) is 7.11 Å². The first-order valence-corrected chi connectivity index (χ1v) is 7.88. The van der Waals surface area contributed by atoms with Gasteiger partial charge in [0.25, 0.3) is 5.91 Å². The molecule has 0 saturated heterocycles. The van der Waals surface area contributed by atoms with Crippen LogP contribution in [0.25, 0.3) is 32.8 Å². The van der Waals surface area contributed by atoms with Crippen molar-refractivity contribution in [1.82, 2.24) is 9.97 Å². The van der Waals surface area contributed by atoms with E-state index in [9.17, 15) is 19.8 Å². The summed E-state index contributed by atoms with van der Waals surface area (Å²) >= 11 is 0. The van der Waals surface area contributed by atoms with Crippen LogP contribution in [0.15, 0.2) is 36.4 Å². The summed E-state index contributed by atoms with van der Waals surface area (Å²) in [6.45, 7) is 0. The van der Waals surface area contributed by atoms with E-state index in [2.05, 4.69) is 9.97 Å². The van der Waals surface area contributed by atoms with Gasteiger partial charge in [-0.25, -0.2) is 14.8 Å². The largest absolute Gasteiger partial charge is 0.506 e. The second kappa shape index (κ2) is 5.80. The molecule has 0 bridgehead atoms. The zero-order valence-electron chi connectivity index (χ0n) is 14.1. The molecule has 4 N–H and O–H groups in total. The molecule has 4 aromatic rings. The van der Waals surface area contributed by atoms with Crippen molar-refractivity contribution in [2.24, 2.45) is 5.73 Å². The van der Waals surface area contributed by atoms with Crippen molar-refractivity contribution in [3.63, 3.8) is 0 Å². The number of nitrogens with two attached hydrogens (primary N) is 1. The second-order valence-corrected chi connectivity index (χ2v) is 5.90. The van der Waals surface area contributed by atoms with Gasteiger partial charge in [0.1, 0.15) is 28.1 Å². The number of carbonyl (C=O) groups excluding carboxylic acids is 1. The topological polar surface area (TPSA) is 136 Å². The van der Waals surface area contributed by atoms with Gasteiger partial charge >= 0.3 is 5.97 Å². The highest BCUT2D eigenvalue weighted by molar-refractivity contribution is 6.18. The van der Waals surface area contributed by atoms with E-state index in [0.29, 0.717) is 21.8 Å². The number of aromatic carboxylic acids is 1. The number of benzene rings is 3. The number of hydrogen-bond donors (Lipinski definition) is 3. The van der Waals surface area contributed by atoms with Gasteiger partial charge in [-0.3, -0.25) is 4.79 Å². The van der Waals surface area contributed by atoms with Crippen LogP contribution < -0.4 is 10.5 Å². The highest BCUT2D eigenvalue weighted by Crippen LogP contribution is 2.37. The smallest absolute Gasteiger partial charge is 0.339 e. The number of rotatable bonds is 3. The third-order valence-corrected chi connectivity index (χ3v) is 4.37. The maximum atomic E-state index is 12.0. The lowest BCUT2D eigenvalue weighted by molar-refractivity contribution is 0.0693. The fourth-order valence-corrected chi connectivity index (χ4v) is 3.16. The van der Waals surface area contributed by atoms with Gasteiger partial charge in [-0.05, 0) is 6.07 Å². The molecular weight excluding hydrogens is 350 g/mol. The molecule has 0 saturated carbocycles. The van der Waals surface area contributed by atoms with Gasteiger partial charge in [-0.2, -0.15) is 0 Å². The molecule has 1 amide bonds. The van der Waals surface area contributed by atoms with Crippen LogP contribution in [-0.2, 0) is 0 Å². The lowest BCUT2D eigenvalue weighted by Crippen LogP contribution is -2.13. The number of carboxylic acids is 1. The van der Waals surface area contributed by atoms with Crippen LogP contribution in [0.4, 0.5) is 0 Å². The number of ether oxygens (including phenoxy) is 1. The molecule has 3 aromatic carbocycles. The molecule has 4 rings (SSSR count). The number of nitrogens with zero attached hydrogens (tertiary/aromatic N) is 2. The van der Waals surface area contributed by atoms with E-state index in [1.807, 2.05) is 0 Å². The Morgan fingerprint density at radius 3 is 2.30 bits per heavy atom. The number of aromatic hydroxyl groups is 1. The number of amides is 1. The van der Waals surface area contributed by atoms with Crippen molar-refractivity contribution < 1.29 is 24.5 Å². The monoisotopic (exact) mass is 363 g/mol. The van der Waals surface area contributed by atoms with E-state index >= 15 is 0 Å². The number of hydrogen-bond acceptors (Lipinski definition) is 6. The Morgan fingerprint density at radius 1 is 1.04 bits per heavy atom. The lowest BCUT2D eigenvalue weighted by atomic mass is 10.0. The summed E-state index contributed by atoms with van der Waals surface area (Å²) in [4.78, 5) is 32.4. The normalized spacial score (nSPS) is 11.1. The predicted octanol–water partition coefficient (Wildman–Crippen LogP) is 2.45. The molecule has 8 nitrogen and oxygen atoms in total. The first-order chi connectivity index (χ1) is 12.9. The first-order valence-electron chi connectivity index (χ1n) is 7.88. The standard InChI is InChI=1S/C19H13N3O5/c1-27-13-7-12-11(6-10(13)19(25)26)22-16-14(18(20)24)17(23)9-5-3-2-4-8(9)15(16)21-12/h2-7,23H,1H3,(H2,20,24)(H,25,26). The lowest BCUT2D eigenvalue weighted by Gasteiger charge is -2.12. The molecular formula is C19H13N3O5. The predicted molar refractivity (Wildman–Crippen MR) is 98.2 cm³/mol. The number of phenols is 1. The van der Waals surface area contributed by atoms with Gasteiger partial charge in [0.05, 0.1) is 23.7 Å². The maximum Gasteiger partial charge on any atom is 0.339 e. The highest BCUT2D eigenvalue weighted by Gasteiger charge is 2.21. The Bertz CT molecular complexity index is 1280. The number of aromatic nitrogens is 2. The number of primary amides is 1. The second-order valence-electron chi connectivity index (χ2n) is 5.90. The Morgan fingerprint density at radius 2 is 1.67 bits per heavy atom. The molecule has 0 atom stereocenters. The van der Waals surface area contributed by atoms with E-state index in [1.54, 1.807) is 24.3 Å². The molecule has 1 aromatic heterocycles. The van der Waals surface area contributed by atoms with Gasteiger partial charge < -0.3 is 20.7 Å². The fraction of sp³-hybridized carbons (Fsp3) is 0.0526. The van der Waals surface area contributed by atoms with Gasteiger partial charge in [0.15, 0.2) is 0 Å². The van der Waals surface area contributed by atoms with Crippen molar-refractivity contribution in [1.29, 1.82) is 0 Å². The summed E-state index contributed by atoms with van der Waals surface area (Å²) in [7, 11) is 1.36. The van der Waals surface area contributed by atoms with Crippen molar-refractivity contribution >= 4 is 44.7 Å². The Labute approximate surface area is 151 Å². The quantitative estimate of drug-likeness (QED) is 0.376. The van der Waals surface area contributed by atoms with Crippen LogP contribution in [0.1, 0.15) is 20.7 Å². The molecule has 0 unspecified atom stereocenters. The average molecular weight is 363 g/mol. The molecule has 27 heavy (non-hydrogen) atoms. The van der Waals surface area contributed by atoms with Gasteiger partial charge in [0.2, 0.25) is 0 Å². The van der Waals surface area contributed by atoms with Crippen molar-refractivity contribution in [2.45, 2.75) is 0 Å². The summed E-state index contributed by atoms with van der Waals surface area (Å²) in [6, 6.07) is 9.65. The maximum absolute atomic E-state index is 12.0. The number of fused-ring (bicyclic) bond motifs is 4. The van der Waals surface area contributed by atoms with Crippen LogP contribution in [-0.4, -0.2) is 39.2 Å². The zero-order valence-corrected chi connectivity index (χ0v) is 14.1. The molecule has 134 valence electrons. The molecule has 0 spiro atoms. The van der Waals surface area contributed by atoms with Crippen LogP contribution in [0, 0.1) is 0 Å². The van der Waals surface area contributed by atoms with Crippen molar-refractivity contribution in [3.05, 3.63) is 47.5 Å². The van der Waals surface area contributed by atoms with E-state index in [-0.39, 0.29) is 33.7 Å².